The molecule has 0 radical (unpaired) electrons. The van der Waals surface area contributed by atoms with Crippen molar-refractivity contribution < 1.29 is 19.1 Å². The van der Waals surface area contributed by atoms with Crippen LogP contribution >= 0.6 is 31.9 Å². The molecular formula is C14H9Br2NO4. The van der Waals surface area contributed by atoms with Gasteiger partial charge in [0.25, 0.3) is 0 Å². The highest BCUT2D eigenvalue weighted by Gasteiger charge is 2.16. The molecule has 5 nitrogen and oxygen atoms in total. The van der Waals surface area contributed by atoms with Crippen LogP contribution in [0.15, 0.2) is 50.0 Å². The number of amides is 1. The number of carboxylic acid groups (broad SMARTS) is 1. The molecule has 7 heteroatoms. The number of carbonyl (C=O) groups is 2. The van der Waals surface area contributed by atoms with E-state index in [1.165, 1.54) is 24.5 Å². The minimum absolute atomic E-state index is 0.0176. The van der Waals surface area contributed by atoms with Crippen LogP contribution in [0.25, 0.3) is 6.08 Å². The fourth-order valence-corrected chi connectivity index (χ4v) is 2.90. The summed E-state index contributed by atoms with van der Waals surface area (Å²) in [5, 5.41) is 11.7. The molecule has 0 saturated heterocycles. The Kier molecular flexibility index (Phi) is 4.98. The van der Waals surface area contributed by atoms with Crippen molar-refractivity contribution >= 4 is 55.5 Å². The molecule has 2 N–H and O–H groups in total. The van der Waals surface area contributed by atoms with E-state index in [1.54, 1.807) is 18.2 Å². The van der Waals surface area contributed by atoms with Crippen molar-refractivity contribution in [3.8, 4) is 0 Å². The molecule has 108 valence electrons. The molecule has 1 heterocycles. The fourth-order valence-electron chi connectivity index (χ4n) is 1.58. The van der Waals surface area contributed by atoms with Gasteiger partial charge >= 0.3 is 5.97 Å². The maximum Gasteiger partial charge on any atom is 0.337 e. The summed E-state index contributed by atoms with van der Waals surface area (Å²) in [5.41, 5.74) is 0.177. The zero-order valence-electron chi connectivity index (χ0n) is 10.5. The molecule has 0 fully saturated rings. The number of anilines is 1. The Morgan fingerprint density at radius 3 is 2.67 bits per heavy atom. The molecule has 0 aliphatic heterocycles. The number of hydrogen-bond acceptors (Lipinski definition) is 3. The summed E-state index contributed by atoms with van der Waals surface area (Å²) in [6, 6.07) is 6.46. The van der Waals surface area contributed by atoms with E-state index in [1.807, 2.05) is 0 Å². The van der Waals surface area contributed by atoms with E-state index in [4.69, 9.17) is 4.42 Å². The number of aromatic carboxylic acids is 1. The Balaban J connectivity index is 2.23. The van der Waals surface area contributed by atoms with Gasteiger partial charge in [0.2, 0.25) is 5.91 Å². The van der Waals surface area contributed by atoms with Gasteiger partial charge in [0.05, 0.1) is 17.5 Å². The summed E-state index contributed by atoms with van der Waals surface area (Å²) in [6.07, 6.45) is 4.24. The van der Waals surface area contributed by atoms with Crippen molar-refractivity contribution in [1.82, 2.24) is 0 Å². The van der Waals surface area contributed by atoms with Crippen molar-refractivity contribution in [1.29, 1.82) is 0 Å². The van der Waals surface area contributed by atoms with Crippen LogP contribution in [0.4, 0.5) is 5.69 Å². The monoisotopic (exact) mass is 413 g/mol. The van der Waals surface area contributed by atoms with Crippen LogP contribution in [0, 0.1) is 0 Å². The third-order valence-electron chi connectivity index (χ3n) is 2.48. The lowest BCUT2D eigenvalue weighted by atomic mass is 10.2. The lowest BCUT2D eigenvalue weighted by molar-refractivity contribution is -0.111. The Labute approximate surface area is 136 Å². The van der Waals surface area contributed by atoms with Crippen molar-refractivity contribution in [3.63, 3.8) is 0 Å². The van der Waals surface area contributed by atoms with E-state index in [2.05, 4.69) is 37.2 Å². The molecule has 0 aliphatic carbocycles. The topological polar surface area (TPSA) is 79.5 Å². The lowest BCUT2D eigenvalue weighted by Crippen LogP contribution is -2.12. The summed E-state index contributed by atoms with van der Waals surface area (Å²) in [4.78, 5) is 23.1. The number of furan rings is 1. The molecule has 2 aromatic rings. The van der Waals surface area contributed by atoms with Crippen LogP contribution in [0.1, 0.15) is 16.1 Å². The van der Waals surface area contributed by atoms with Crippen molar-refractivity contribution in [3.05, 3.63) is 56.9 Å². The first-order chi connectivity index (χ1) is 9.97. The van der Waals surface area contributed by atoms with Gasteiger partial charge in [-0.1, -0.05) is 15.9 Å². The number of halogens is 2. The number of carbonyl (C=O) groups excluding carboxylic acids is 1. The van der Waals surface area contributed by atoms with E-state index in [9.17, 15) is 14.7 Å². The van der Waals surface area contributed by atoms with Gasteiger partial charge < -0.3 is 14.8 Å². The summed E-state index contributed by atoms with van der Waals surface area (Å²) in [5.74, 6) is -1.07. The van der Waals surface area contributed by atoms with Crippen LogP contribution in [0.2, 0.25) is 0 Å². The molecule has 21 heavy (non-hydrogen) atoms. The quantitative estimate of drug-likeness (QED) is 0.736. The second-order valence-electron chi connectivity index (χ2n) is 3.95. The van der Waals surface area contributed by atoms with Gasteiger partial charge in [-0.2, -0.15) is 0 Å². The highest BCUT2D eigenvalue weighted by Crippen LogP contribution is 2.30. The Morgan fingerprint density at radius 2 is 2.05 bits per heavy atom. The van der Waals surface area contributed by atoms with E-state index in [-0.39, 0.29) is 11.3 Å². The largest absolute Gasteiger partial charge is 0.478 e. The number of carboxylic acids is 1. The predicted octanol–water partition coefficient (Wildman–Crippen LogP) is 4.15. The van der Waals surface area contributed by atoms with Gasteiger partial charge in [0, 0.05) is 15.0 Å². The number of hydrogen-bond donors (Lipinski definition) is 2. The average Bonchev–Trinajstić information content (AvgIpc) is 2.92. The maximum absolute atomic E-state index is 11.9. The third kappa shape index (κ3) is 4.05. The van der Waals surface area contributed by atoms with Gasteiger partial charge in [-0.3, -0.25) is 4.79 Å². The molecule has 0 atom stereocenters. The van der Waals surface area contributed by atoms with Crippen LogP contribution in [-0.2, 0) is 4.79 Å². The summed E-state index contributed by atoms with van der Waals surface area (Å²) < 4.78 is 6.12. The molecule has 0 spiro atoms. The van der Waals surface area contributed by atoms with Crippen molar-refractivity contribution in [2.24, 2.45) is 0 Å². The summed E-state index contributed by atoms with van der Waals surface area (Å²) >= 11 is 6.44. The Bertz CT molecular complexity index is 708. The molecule has 1 aromatic heterocycles. The zero-order valence-corrected chi connectivity index (χ0v) is 13.6. The van der Waals surface area contributed by atoms with Crippen LogP contribution in [-0.4, -0.2) is 17.0 Å². The second kappa shape index (κ2) is 6.73. The van der Waals surface area contributed by atoms with Gasteiger partial charge in [-0.25, -0.2) is 4.79 Å². The number of benzene rings is 1. The average molecular weight is 415 g/mol. The molecule has 1 amide bonds. The highest BCUT2D eigenvalue weighted by atomic mass is 79.9. The van der Waals surface area contributed by atoms with Crippen LogP contribution in [0.5, 0.6) is 0 Å². The highest BCUT2D eigenvalue weighted by molar-refractivity contribution is 9.11. The van der Waals surface area contributed by atoms with E-state index in [0.29, 0.717) is 14.7 Å². The molecule has 0 bridgehead atoms. The number of rotatable bonds is 4. The van der Waals surface area contributed by atoms with Crippen molar-refractivity contribution in [2.75, 3.05) is 5.32 Å². The minimum atomic E-state index is -1.14. The third-order valence-corrected chi connectivity index (χ3v) is 3.56. The SMILES string of the molecule is O=C(C=Cc1ccco1)Nc1c(Br)cc(Br)cc1C(=O)O. The fraction of sp³-hybridized carbons (Fsp3) is 0. The first-order valence-electron chi connectivity index (χ1n) is 5.72. The summed E-state index contributed by atoms with van der Waals surface area (Å²) in [7, 11) is 0. The standard InChI is InChI=1S/C14H9Br2NO4/c15-8-6-10(14(19)20)13(11(16)7-8)17-12(18)4-3-9-2-1-5-21-9/h1-7H,(H,17,18)(H,19,20). The Morgan fingerprint density at radius 1 is 1.29 bits per heavy atom. The van der Waals surface area contributed by atoms with E-state index < -0.39 is 11.9 Å². The lowest BCUT2D eigenvalue weighted by Gasteiger charge is -2.10. The number of nitrogens with one attached hydrogen (secondary N) is 1. The van der Waals surface area contributed by atoms with Gasteiger partial charge in [-0.15, -0.1) is 0 Å². The first-order valence-corrected chi connectivity index (χ1v) is 7.31. The van der Waals surface area contributed by atoms with E-state index in [0.717, 1.165) is 0 Å². The normalized spacial score (nSPS) is 10.8. The van der Waals surface area contributed by atoms with Gasteiger partial charge in [-0.05, 0) is 46.3 Å². The predicted molar refractivity (Wildman–Crippen MR) is 85.2 cm³/mol. The van der Waals surface area contributed by atoms with Crippen molar-refractivity contribution in [2.45, 2.75) is 0 Å². The second-order valence-corrected chi connectivity index (χ2v) is 5.72. The molecule has 2 rings (SSSR count). The van der Waals surface area contributed by atoms with Gasteiger partial charge in [0.1, 0.15) is 5.76 Å². The van der Waals surface area contributed by atoms with Crippen LogP contribution < -0.4 is 5.32 Å². The van der Waals surface area contributed by atoms with Gasteiger partial charge in [0.15, 0.2) is 0 Å². The first kappa shape index (κ1) is 15.5. The molecule has 0 aliphatic rings. The Hall–Kier alpha value is -1.86. The zero-order chi connectivity index (χ0) is 15.4. The van der Waals surface area contributed by atoms with E-state index >= 15 is 0 Å². The molecule has 0 unspecified atom stereocenters. The minimum Gasteiger partial charge on any atom is -0.478 e. The maximum atomic E-state index is 11.9. The smallest absolute Gasteiger partial charge is 0.337 e. The molecule has 0 saturated carbocycles. The summed E-state index contributed by atoms with van der Waals surface area (Å²) in [6.45, 7) is 0. The molecule has 1 aromatic carbocycles. The molecular weight excluding hydrogens is 406 g/mol. The van der Waals surface area contributed by atoms with Crippen LogP contribution in [0.3, 0.4) is 0 Å².